The van der Waals surface area contributed by atoms with Crippen molar-refractivity contribution in [2.24, 2.45) is 4.99 Å². The average molecular weight is 343 g/mol. The van der Waals surface area contributed by atoms with Crippen molar-refractivity contribution in [2.75, 3.05) is 13.2 Å². The molecular weight excluding hydrogens is 326 g/mol. The Balaban J connectivity index is 1.57. The molecule has 0 unspecified atom stereocenters. The van der Waals surface area contributed by atoms with E-state index in [1.165, 1.54) is 0 Å². The average Bonchev–Trinajstić information content (AvgIpc) is 3.20. The number of hydrogen-bond donors (Lipinski definition) is 2. The van der Waals surface area contributed by atoms with Crippen LogP contribution >= 0.6 is 0 Å². The maximum atomic E-state index is 12.3. The maximum Gasteiger partial charge on any atom is 0.251 e. The standard InChI is InChI=1S/C20H17N5O/c21-12-17-6-8-18(9-7-17)13-23-20(26)19-5-1-3-16(11-19)4-2-10-25-15-22-14-24-25/h1,3,5-9,11,14H,10,13,15H2,(H,22,24)(H,23,26). The fourth-order valence-electron chi connectivity index (χ4n) is 2.36. The highest BCUT2D eigenvalue weighted by molar-refractivity contribution is 5.94. The Kier molecular flexibility index (Phi) is 5.61. The number of hydrogen-bond acceptors (Lipinski definition) is 5. The molecule has 0 saturated heterocycles. The largest absolute Gasteiger partial charge is 0.348 e. The zero-order chi connectivity index (χ0) is 18.2. The first-order valence-electron chi connectivity index (χ1n) is 8.10. The van der Waals surface area contributed by atoms with Crippen molar-refractivity contribution < 1.29 is 4.79 Å². The van der Waals surface area contributed by atoms with E-state index < -0.39 is 0 Å². The van der Waals surface area contributed by atoms with Crippen LogP contribution < -0.4 is 10.7 Å². The molecule has 1 aliphatic heterocycles. The summed E-state index contributed by atoms with van der Waals surface area (Å²) in [6, 6.07) is 16.4. The van der Waals surface area contributed by atoms with E-state index in [4.69, 9.17) is 5.26 Å². The maximum absolute atomic E-state index is 12.3. The molecule has 0 radical (unpaired) electrons. The Hall–Kier alpha value is -3.61. The molecule has 0 spiro atoms. The van der Waals surface area contributed by atoms with Gasteiger partial charge in [0.1, 0.15) is 6.67 Å². The van der Waals surface area contributed by atoms with E-state index in [0.717, 1.165) is 11.1 Å². The molecule has 0 aliphatic carbocycles. The van der Waals surface area contributed by atoms with Gasteiger partial charge in [0.2, 0.25) is 0 Å². The number of rotatable bonds is 4. The lowest BCUT2D eigenvalue weighted by atomic mass is 10.1. The van der Waals surface area contributed by atoms with E-state index in [0.29, 0.717) is 30.9 Å². The number of nitriles is 1. The van der Waals surface area contributed by atoms with E-state index in [2.05, 4.69) is 33.6 Å². The lowest BCUT2D eigenvalue weighted by Crippen LogP contribution is -2.31. The number of carbonyl (C=O) groups is 1. The summed E-state index contributed by atoms with van der Waals surface area (Å²) in [5.41, 5.74) is 5.86. The van der Waals surface area contributed by atoms with Crippen molar-refractivity contribution in [3.05, 3.63) is 70.8 Å². The summed E-state index contributed by atoms with van der Waals surface area (Å²) in [5, 5.41) is 13.6. The molecule has 1 heterocycles. The van der Waals surface area contributed by atoms with Crippen LogP contribution in [0.25, 0.3) is 0 Å². The number of aliphatic imine (C=N–C) groups is 1. The summed E-state index contributed by atoms with van der Waals surface area (Å²) in [7, 11) is 0. The normalized spacial score (nSPS) is 12.6. The van der Waals surface area contributed by atoms with Gasteiger partial charge in [-0.05, 0) is 35.9 Å². The highest BCUT2D eigenvalue weighted by Gasteiger charge is 2.06. The second kappa shape index (κ2) is 8.48. The van der Waals surface area contributed by atoms with Crippen molar-refractivity contribution in [3.8, 4) is 17.9 Å². The SMILES string of the molecule is N#Cc1ccc(CNC(=O)c2cccc(C#CCN3CN=CN3)c2)cc1. The number of carbonyl (C=O) groups excluding carboxylic acids is 1. The summed E-state index contributed by atoms with van der Waals surface area (Å²) < 4.78 is 0. The highest BCUT2D eigenvalue weighted by atomic mass is 16.1. The Morgan fingerprint density at radius 2 is 2.08 bits per heavy atom. The highest BCUT2D eigenvalue weighted by Crippen LogP contribution is 2.06. The summed E-state index contributed by atoms with van der Waals surface area (Å²) in [4.78, 5) is 16.4. The molecule has 0 aromatic heterocycles. The third-order valence-electron chi connectivity index (χ3n) is 3.75. The van der Waals surface area contributed by atoms with Crippen LogP contribution in [-0.2, 0) is 6.54 Å². The molecule has 0 atom stereocenters. The molecule has 3 rings (SSSR count). The molecular formula is C20H17N5O. The van der Waals surface area contributed by atoms with Crippen molar-refractivity contribution >= 4 is 12.2 Å². The summed E-state index contributed by atoms with van der Waals surface area (Å²) in [6.45, 7) is 1.54. The van der Waals surface area contributed by atoms with Crippen LogP contribution in [0.1, 0.15) is 27.0 Å². The van der Waals surface area contributed by atoms with Crippen LogP contribution in [0.3, 0.4) is 0 Å². The van der Waals surface area contributed by atoms with E-state index >= 15 is 0 Å². The minimum Gasteiger partial charge on any atom is -0.348 e. The Morgan fingerprint density at radius 1 is 1.23 bits per heavy atom. The van der Waals surface area contributed by atoms with Crippen LogP contribution in [0, 0.1) is 23.2 Å². The van der Waals surface area contributed by atoms with Gasteiger partial charge in [0.15, 0.2) is 0 Å². The molecule has 2 aromatic carbocycles. The number of amides is 1. The van der Waals surface area contributed by atoms with Crippen molar-refractivity contribution in [2.45, 2.75) is 6.54 Å². The van der Waals surface area contributed by atoms with E-state index in [9.17, 15) is 4.79 Å². The van der Waals surface area contributed by atoms with Gasteiger partial charge < -0.3 is 10.7 Å². The molecule has 26 heavy (non-hydrogen) atoms. The molecule has 1 aliphatic rings. The van der Waals surface area contributed by atoms with Crippen LogP contribution in [0.2, 0.25) is 0 Å². The molecule has 6 heteroatoms. The monoisotopic (exact) mass is 343 g/mol. The predicted molar refractivity (Wildman–Crippen MR) is 98.8 cm³/mol. The molecule has 128 valence electrons. The summed E-state index contributed by atoms with van der Waals surface area (Å²) >= 11 is 0. The molecule has 2 N–H and O–H groups in total. The van der Waals surface area contributed by atoms with Gasteiger partial charge >= 0.3 is 0 Å². The van der Waals surface area contributed by atoms with Crippen molar-refractivity contribution in [1.82, 2.24) is 15.8 Å². The fraction of sp³-hybridized carbons (Fsp3) is 0.150. The molecule has 6 nitrogen and oxygen atoms in total. The molecule has 0 bridgehead atoms. The third kappa shape index (κ3) is 4.70. The minimum absolute atomic E-state index is 0.160. The van der Waals surface area contributed by atoms with Crippen LogP contribution in [0.4, 0.5) is 0 Å². The Morgan fingerprint density at radius 3 is 2.81 bits per heavy atom. The van der Waals surface area contributed by atoms with Crippen LogP contribution in [-0.4, -0.2) is 30.5 Å². The van der Waals surface area contributed by atoms with Gasteiger partial charge in [-0.2, -0.15) is 10.3 Å². The van der Waals surface area contributed by atoms with Gasteiger partial charge in [-0.3, -0.25) is 9.79 Å². The third-order valence-corrected chi connectivity index (χ3v) is 3.75. The van der Waals surface area contributed by atoms with E-state index in [1.54, 1.807) is 30.6 Å². The topological polar surface area (TPSA) is 80.5 Å². The van der Waals surface area contributed by atoms with Gasteiger partial charge in [-0.1, -0.05) is 30.0 Å². The van der Waals surface area contributed by atoms with Crippen molar-refractivity contribution in [1.29, 1.82) is 5.26 Å². The Bertz CT molecular complexity index is 908. The first-order valence-corrected chi connectivity index (χ1v) is 8.10. The molecule has 1 amide bonds. The van der Waals surface area contributed by atoms with Gasteiger partial charge in [0, 0.05) is 17.7 Å². The van der Waals surface area contributed by atoms with E-state index in [-0.39, 0.29) is 5.91 Å². The second-order valence-electron chi connectivity index (χ2n) is 5.65. The first-order chi connectivity index (χ1) is 12.7. The second-order valence-corrected chi connectivity index (χ2v) is 5.65. The number of nitrogens with zero attached hydrogens (tertiary/aromatic N) is 3. The first kappa shape index (κ1) is 17.2. The summed E-state index contributed by atoms with van der Waals surface area (Å²) in [6.07, 6.45) is 1.64. The summed E-state index contributed by atoms with van der Waals surface area (Å²) in [5.74, 6) is 5.95. The van der Waals surface area contributed by atoms with Crippen molar-refractivity contribution in [3.63, 3.8) is 0 Å². The van der Waals surface area contributed by atoms with Gasteiger partial charge in [0.05, 0.1) is 24.5 Å². The fourth-order valence-corrected chi connectivity index (χ4v) is 2.36. The van der Waals surface area contributed by atoms with Gasteiger partial charge in [-0.25, -0.2) is 0 Å². The molecule has 0 fully saturated rings. The van der Waals surface area contributed by atoms with Gasteiger partial charge in [0.25, 0.3) is 5.91 Å². The lowest BCUT2D eigenvalue weighted by molar-refractivity contribution is 0.0951. The number of benzene rings is 2. The quantitative estimate of drug-likeness (QED) is 0.827. The van der Waals surface area contributed by atoms with Gasteiger partial charge in [-0.15, -0.1) is 0 Å². The smallest absolute Gasteiger partial charge is 0.251 e. The minimum atomic E-state index is -0.160. The number of nitrogens with one attached hydrogen (secondary N) is 2. The van der Waals surface area contributed by atoms with Crippen LogP contribution in [0.5, 0.6) is 0 Å². The Labute approximate surface area is 152 Å². The molecule has 0 saturated carbocycles. The zero-order valence-corrected chi connectivity index (χ0v) is 14.1. The zero-order valence-electron chi connectivity index (χ0n) is 14.1. The lowest BCUT2D eigenvalue weighted by Gasteiger charge is -2.08. The van der Waals surface area contributed by atoms with Crippen LogP contribution in [0.15, 0.2) is 53.5 Å². The molecule has 2 aromatic rings. The number of hydrazine groups is 1. The predicted octanol–water partition coefficient (Wildman–Crippen LogP) is 1.65. The van der Waals surface area contributed by atoms with E-state index in [1.807, 2.05) is 29.3 Å².